The van der Waals surface area contributed by atoms with Crippen LogP contribution in [0.25, 0.3) is 27.6 Å². The largest absolute Gasteiger partial charge is 0.446 e. The van der Waals surface area contributed by atoms with Gasteiger partial charge in [-0.25, -0.2) is 18.4 Å². The second-order valence-electron chi connectivity index (χ2n) is 4.82. The molecule has 0 fully saturated rings. The number of hydrogen-bond donors (Lipinski definition) is 0. The van der Waals surface area contributed by atoms with Crippen LogP contribution in [-0.4, -0.2) is 26.6 Å². The van der Waals surface area contributed by atoms with Gasteiger partial charge in [-0.15, -0.1) is 0 Å². The molecule has 25 heavy (non-hydrogen) atoms. The number of hydrogen-bond acceptors (Lipinski definition) is 7. The van der Waals surface area contributed by atoms with Gasteiger partial charge in [0.1, 0.15) is 11.5 Å². The Morgan fingerprint density at radius 2 is 2.20 bits per heavy atom. The minimum Gasteiger partial charge on any atom is -0.295 e. The highest BCUT2D eigenvalue weighted by molar-refractivity contribution is 9.10. The summed E-state index contributed by atoms with van der Waals surface area (Å²) in [6.07, 6.45) is 0.904. The normalized spacial score (nSPS) is 10.6. The van der Waals surface area contributed by atoms with E-state index >= 15 is 0 Å². The van der Waals surface area contributed by atoms with Crippen molar-refractivity contribution in [2.24, 2.45) is 5.11 Å². The van der Waals surface area contributed by atoms with Crippen LogP contribution < -0.4 is 5.76 Å². The molecule has 0 saturated heterocycles. The van der Waals surface area contributed by atoms with Crippen LogP contribution in [0.4, 0.5) is 4.39 Å². The van der Waals surface area contributed by atoms with E-state index in [2.05, 4.69) is 41.4 Å². The molecule has 0 spiro atoms. The van der Waals surface area contributed by atoms with Crippen molar-refractivity contribution in [3.05, 3.63) is 55.2 Å². The van der Waals surface area contributed by atoms with Crippen LogP contribution in [-0.2, 0) is 6.42 Å². The van der Waals surface area contributed by atoms with Gasteiger partial charge in [0.15, 0.2) is 5.69 Å². The maximum Gasteiger partial charge on any atom is 0.446 e. The van der Waals surface area contributed by atoms with Crippen molar-refractivity contribution in [3.8, 4) is 17.2 Å². The van der Waals surface area contributed by atoms with Gasteiger partial charge in [0.05, 0.1) is 10.2 Å². The zero-order valence-electron chi connectivity index (χ0n) is 12.5. The fraction of sp³-hybridized carbons (Fsp3) is 0.231. The highest BCUT2D eigenvalue weighted by atomic mass is 79.9. The third-order valence-electron chi connectivity index (χ3n) is 3.27. The van der Waals surface area contributed by atoms with Gasteiger partial charge in [-0.2, -0.15) is 0 Å². The van der Waals surface area contributed by atoms with Crippen LogP contribution in [0.5, 0.6) is 0 Å². The molecule has 0 atom stereocenters. The Bertz CT molecular complexity index is 1010. The number of aryl methyl sites for hydroxylation is 1. The first-order valence-electron chi connectivity index (χ1n) is 6.98. The molecule has 0 aliphatic rings. The van der Waals surface area contributed by atoms with Crippen molar-refractivity contribution in [2.45, 2.75) is 12.8 Å². The third kappa shape index (κ3) is 3.44. The summed E-state index contributed by atoms with van der Waals surface area (Å²) >= 11 is 3.07. The molecule has 0 aliphatic heterocycles. The minimum absolute atomic E-state index is 0.0727. The zero-order chi connectivity index (χ0) is 17.8. The quantitative estimate of drug-likeness (QED) is 0.265. The Morgan fingerprint density at radius 1 is 1.36 bits per heavy atom. The van der Waals surface area contributed by atoms with E-state index in [1.807, 2.05) is 0 Å². The fourth-order valence-electron chi connectivity index (χ4n) is 2.15. The van der Waals surface area contributed by atoms with E-state index < -0.39 is 11.6 Å². The maximum absolute atomic E-state index is 13.4. The first kappa shape index (κ1) is 16.9. The number of aromatic nitrogens is 4. The van der Waals surface area contributed by atoms with E-state index in [1.54, 1.807) is 0 Å². The molecule has 1 aromatic carbocycles. The summed E-state index contributed by atoms with van der Waals surface area (Å²) in [6, 6.07) is 4.01. The molecule has 0 amide bonds. The third-order valence-corrected chi connectivity index (χ3v) is 3.88. The van der Waals surface area contributed by atoms with Gasteiger partial charge in [0.25, 0.3) is 0 Å². The van der Waals surface area contributed by atoms with E-state index in [9.17, 15) is 9.18 Å². The smallest absolute Gasteiger partial charge is 0.295 e. The Hall–Kier alpha value is -2.98. The average Bonchev–Trinajstić information content (AvgIpc) is 3.20. The molecule has 0 aliphatic carbocycles. The van der Waals surface area contributed by atoms with E-state index in [-0.39, 0.29) is 22.5 Å². The van der Waals surface area contributed by atoms with Crippen LogP contribution >= 0.6 is 15.9 Å². The summed E-state index contributed by atoms with van der Waals surface area (Å²) in [6.45, 7) is 0.277. The molecule has 0 radical (unpaired) electrons. The molecule has 3 rings (SSSR count). The zero-order valence-corrected chi connectivity index (χ0v) is 14.1. The lowest BCUT2D eigenvalue weighted by atomic mass is 10.2. The van der Waals surface area contributed by atoms with Crippen molar-refractivity contribution in [1.29, 1.82) is 0 Å². The lowest BCUT2D eigenvalue weighted by Gasteiger charge is -2.04. The number of nitrogens with zero attached hydrogens (tertiary/aromatic N) is 7. The van der Waals surface area contributed by atoms with E-state index in [0.717, 1.165) is 4.57 Å². The van der Waals surface area contributed by atoms with Crippen LogP contribution in [0.3, 0.4) is 0 Å². The molecule has 0 unspecified atom stereocenters. The Morgan fingerprint density at radius 3 is 2.96 bits per heavy atom. The van der Waals surface area contributed by atoms with Crippen molar-refractivity contribution in [3.63, 3.8) is 0 Å². The Kier molecular flexibility index (Phi) is 4.91. The first-order chi connectivity index (χ1) is 12.1. The van der Waals surface area contributed by atoms with Gasteiger partial charge in [0.2, 0.25) is 5.82 Å². The van der Waals surface area contributed by atoms with Gasteiger partial charge >= 0.3 is 5.76 Å². The van der Waals surface area contributed by atoms with E-state index in [4.69, 9.17) is 14.7 Å². The molecule has 0 saturated carbocycles. The SMILES string of the molecule is [N-]=[N+]=NCCCc1nonc1-c1noc(=O)n1-c1ccc(F)c(Br)c1. The van der Waals surface area contributed by atoms with Crippen molar-refractivity contribution in [2.75, 3.05) is 6.54 Å². The van der Waals surface area contributed by atoms with Gasteiger partial charge in [-0.05, 0) is 57.7 Å². The summed E-state index contributed by atoms with van der Waals surface area (Å²) in [5.74, 6) is -1.17. The summed E-state index contributed by atoms with van der Waals surface area (Å²) in [5, 5.41) is 14.7. The van der Waals surface area contributed by atoms with E-state index in [1.165, 1.54) is 18.2 Å². The molecule has 128 valence electrons. The van der Waals surface area contributed by atoms with Gasteiger partial charge in [-0.1, -0.05) is 15.4 Å². The highest BCUT2D eigenvalue weighted by Crippen LogP contribution is 2.24. The molecule has 2 aromatic heterocycles. The molecule has 10 nitrogen and oxygen atoms in total. The topological polar surface area (TPSA) is 136 Å². The van der Waals surface area contributed by atoms with Gasteiger partial charge in [0, 0.05) is 11.5 Å². The van der Waals surface area contributed by atoms with Crippen LogP contribution in [0, 0.1) is 5.82 Å². The van der Waals surface area contributed by atoms with E-state index in [0.29, 0.717) is 24.2 Å². The summed E-state index contributed by atoms with van der Waals surface area (Å²) in [5.41, 5.74) is 9.26. The molecule has 0 bridgehead atoms. The monoisotopic (exact) mass is 409 g/mol. The lowest BCUT2D eigenvalue weighted by Crippen LogP contribution is -2.14. The fourth-order valence-corrected chi connectivity index (χ4v) is 2.52. The second kappa shape index (κ2) is 7.28. The number of azide groups is 1. The predicted octanol–water partition coefficient (Wildman–Crippen LogP) is 3.02. The standard InChI is InChI=1S/C13H9BrFN7O3/c14-8-6-7(3-4-9(8)15)22-12(20-24-13(22)23)11-10(18-25-19-11)2-1-5-17-21-16/h3-4,6H,1-2,5H2. The number of halogens is 2. The number of rotatable bonds is 6. The van der Waals surface area contributed by atoms with Crippen molar-refractivity contribution < 1.29 is 13.5 Å². The summed E-state index contributed by atoms with van der Waals surface area (Å²) < 4.78 is 24.2. The summed E-state index contributed by atoms with van der Waals surface area (Å²) in [4.78, 5) is 14.7. The number of benzene rings is 1. The van der Waals surface area contributed by atoms with Crippen LogP contribution in [0.2, 0.25) is 0 Å². The predicted molar refractivity (Wildman–Crippen MR) is 85.4 cm³/mol. The summed E-state index contributed by atoms with van der Waals surface area (Å²) in [7, 11) is 0. The van der Waals surface area contributed by atoms with Crippen LogP contribution in [0.15, 0.2) is 41.7 Å². The maximum atomic E-state index is 13.4. The molecular formula is C13H9BrFN7O3. The van der Waals surface area contributed by atoms with Crippen molar-refractivity contribution in [1.82, 2.24) is 20.0 Å². The van der Waals surface area contributed by atoms with Gasteiger partial charge < -0.3 is 0 Å². The highest BCUT2D eigenvalue weighted by Gasteiger charge is 2.22. The second-order valence-corrected chi connectivity index (χ2v) is 5.68. The molecule has 2 heterocycles. The molecule has 3 aromatic rings. The lowest BCUT2D eigenvalue weighted by molar-refractivity contribution is 0.303. The van der Waals surface area contributed by atoms with Gasteiger partial charge in [-0.3, -0.25) is 4.52 Å². The minimum atomic E-state index is -0.767. The Labute approximate surface area is 147 Å². The van der Waals surface area contributed by atoms with Crippen LogP contribution in [0.1, 0.15) is 12.1 Å². The molecular weight excluding hydrogens is 401 g/mol. The Balaban J connectivity index is 2.00. The molecule has 0 N–H and O–H groups in total. The van der Waals surface area contributed by atoms with Crippen molar-refractivity contribution >= 4 is 15.9 Å². The molecule has 12 heteroatoms. The first-order valence-corrected chi connectivity index (χ1v) is 7.78. The average molecular weight is 410 g/mol.